The molecule has 33 heavy (non-hydrogen) atoms. The van der Waals surface area contributed by atoms with Crippen molar-refractivity contribution >= 4 is 28.2 Å². The number of anilines is 3. The standard InChI is InChI=1S/C28H26N4O/c1-20-25(30-21-12-6-2-3-7-13-21)18-24-26(33)19-27(31-22-14-8-4-9-15-22)32(28(24)29-20)23-16-10-5-11-17-23/h2-6,8-12,14-19,21,30-31H,7,13H2,1H3. The van der Waals surface area contributed by atoms with Crippen molar-refractivity contribution in [3.05, 3.63) is 113 Å². The van der Waals surface area contributed by atoms with Gasteiger partial charge in [-0.1, -0.05) is 60.7 Å². The third-order valence-corrected chi connectivity index (χ3v) is 5.82. The molecule has 2 N–H and O–H groups in total. The van der Waals surface area contributed by atoms with Crippen LogP contribution in [0.5, 0.6) is 0 Å². The SMILES string of the molecule is Cc1nc2c(cc1NC1C=CC=CCC1)c(=O)cc(Nc1ccccc1)n2-c1ccccc1. The molecule has 0 aliphatic heterocycles. The summed E-state index contributed by atoms with van der Waals surface area (Å²) in [7, 11) is 0. The van der Waals surface area contributed by atoms with Gasteiger partial charge in [0.05, 0.1) is 16.8 Å². The summed E-state index contributed by atoms with van der Waals surface area (Å²) in [5, 5.41) is 7.56. The number of rotatable bonds is 5. The fraction of sp³-hybridized carbons (Fsp3) is 0.143. The minimum atomic E-state index is -0.0655. The van der Waals surface area contributed by atoms with Crippen molar-refractivity contribution < 1.29 is 0 Å². The van der Waals surface area contributed by atoms with Gasteiger partial charge in [0.1, 0.15) is 11.5 Å². The number of hydrogen-bond acceptors (Lipinski definition) is 4. The molecule has 1 unspecified atom stereocenters. The summed E-state index contributed by atoms with van der Waals surface area (Å²) in [6, 6.07) is 23.6. The second-order valence-electron chi connectivity index (χ2n) is 8.19. The van der Waals surface area contributed by atoms with E-state index in [4.69, 9.17) is 4.98 Å². The average molecular weight is 435 g/mol. The maximum Gasteiger partial charge on any atom is 0.193 e. The number of fused-ring (bicyclic) bond motifs is 1. The molecule has 5 rings (SSSR count). The number of hydrogen-bond donors (Lipinski definition) is 2. The van der Waals surface area contributed by atoms with Crippen LogP contribution in [0.4, 0.5) is 17.2 Å². The summed E-state index contributed by atoms with van der Waals surface area (Å²) in [6.07, 6.45) is 10.5. The third-order valence-electron chi connectivity index (χ3n) is 5.82. The van der Waals surface area contributed by atoms with Crippen LogP contribution in [0.15, 0.2) is 102 Å². The zero-order chi connectivity index (χ0) is 22.6. The molecule has 2 aromatic heterocycles. The van der Waals surface area contributed by atoms with Gasteiger partial charge in [-0.15, -0.1) is 0 Å². The van der Waals surface area contributed by atoms with E-state index in [-0.39, 0.29) is 11.5 Å². The lowest BCUT2D eigenvalue weighted by molar-refractivity contribution is 0.779. The Hall–Kier alpha value is -4.12. The topological polar surface area (TPSA) is 59.0 Å². The predicted molar refractivity (Wildman–Crippen MR) is 137 cm³/mol. The van der Waals surface area contributed by atoms with E-state index in [0.29, 0.717) is 16.9 Å². The number of aromatic nitrogens is 2. The molecule has 0 amide bonds. The second-order valence-corrected chi connectivity index (χ2v) is 8.19. The molecular formula is C28H26N4O. The highest BCUT2D eigenvalue weighted by atomic mass is 16.1. The van der Waals surface area contributed by atoms with E-state index in [1.165, 1.54) is 0 Å². The summed E-state index contributed by atoms with van der Waals surface area (Å²) < 4.78 is 2.01. The molecule has 0 radical (unpaired) electrons. The molecule has 5 nitrogen and oxygen atoms in total. The third kappa shape index (κ3) is 4.44. The quantitative estimate of drug-likeness (QED) is 0.397. The normalized spacial score (nSPS) is 15.4. The molecule has 0 bridgehead atoms. The highest BCUT2D eigenvalue weighted by molar-refractivity contribution is 5.84. The van der Waals surface area contributed by atoms with Crippen LogP contribution in [0.2, 0.25) is 0 Å². The molecule has 1 atom stereocenters. The number of nitrogens with zero attached hydrogens (tertiary/aromatic N) is 2. The van der Waals surface area contributed by atoms with E-state index in [2.05, 4.69) is 34.9 Å². The first-order valence-corrected chi connectivity index (χ1v) is 11.2. The Bertz CT molecular complexity index is 1390. The van der Waals surface area contributed by atoms with Crippen LogP contribution in [0, 0.1) is 6.92 Å². The molecule has 0 fully saturated rings. The predicted octanol–water partition coefficient (Wildman–Crippen LogP) is 6.12. The van der Waals surface area contributed by atoms with Crippen LogP contribution >= 0.6 is 0 Å². The Morgan fingerprint density at radius 1 is 0.970 bits per heavy atom. The van der Waals surface area contributed by atoms with Crippen LogP contribution in [0.1, 0.15) is 18.5 Å². The Morgan fingerprint density at radius 2 is 1.73 bits per heavy atom. The van der Waals surface area contributed by atoms with Gasteiger partial charge in [0.25, 0.3) is 0 Å². The van der Waals surface area contributed by atoms with E-state index in [1.807, 2.05) is 78.2 Å². The fourth-order valence-electron chi connectivity index (χ4n) is 4.14. The summed E-state index contributed by atoms with van der Waals surface area (Å²) >= 11 is 0. The Morgan fingerprint density at radius 3 is 2.52 bits per heavy atom. The molecule has 1 aliphatic carbocycles. The van der Waals surface area contributed by atoms with Crippen molar-refractivity contribution in [1.82, 2.24) is 9.55 Å². The van der Waals surface area contributed by atoms with Crippen molar-refractivity contribution in [3.8, 4) is 5.69 Å². The number of aryl methyl sites for hydroxylation is 1. The molecule has 2 aromatic carbocycles. The van der Waals surface area contributed by atoms with Gasteiger partial charge in [0, 0.05) is 23.5 Å². The first-order chi connectivity index (χ1) is 16.2. The molecule has 0 saturated carbocycles. The fourth-order valence-corrected chi connectivity index (χ4v) is 4.14. The second kappa shape index (κ2) is 9.17. The van der Waals surface area contributed by atoms with E-state index in [0.717, 1.165) is 35.6 Å². The summed E-state index contributed by atoms with van der Waals surface area (Å²) in [6.45, 7) is 1.98. The van der Waals surface area contributed by atoms with Crippen molar-refractivity contribution in [1.29, 1.82) is 0 Å². The van der Waals surface area contributed by atoms with E-state index >= 15 is 0 Å². The molecule has 2 heterocycles. The maximum atomic E-state index is 13.2. The van der Waals surface area contributed by atoms with E-state index in [9.17, 15) is 4.79 Å². The molecule has 164 valence electrons. The van der Waals surface area contributed by atoms with Crippen molar-refractivity contribution in [3.63, 3.8) is 0 Å². The van der Waals surface area contributed by atoms with Gasteiger partial charge in [0.2, 0.25) is 0 Å². The minimum Gasteiger partial charge on any atom is -0.377 e. The Labute approximate surface area is 193 Å². The zero-order valence-corrected chi connectivity index (χ0v) is 18.5. The van der Waals surface area contributed by atoms with Crippen LogP contribution in [-0.2, 0) is 0 Å². The Balaban J connectivity index is 1.65. The highest BCUT2D eigenvalue weighted by Gasteiger charge is 2.16. The van der Waals surface area contributed by atoms with Crippen LogP contribution < -0.4 is 16.1 Å². The largest absolute Gasteiger partial charge is 0.377 e. The first-order valence-electron chi connectivity index (χ1n) is 11.2. The van der Waals surface area contributed by atoms with Crippen LogP contribution in [-0.4, -0.2) is 15.6 Å². The van der Waals surface area contributed by atoms with Gasteiger partial charge >= 0.3 is 0 Å². The number of nitrogens with one attached hydrogen (secondary N) is 2. The van der Waals surface area contributed by atoms with Crippen LogP contribution in [0.3, 0.4) is 0 Å². The van der Waals surface area contributed by atoms with Gasteiger partial charge in [-0.3, -0.25) is 9.36 Å². The van der Waals surface area contributed by atoms with Crippen LogP contribution in [0.25, 0.3) is 16.7 Å². The molecule has 5 heteroatoms. The van der Waals surface area contributed by atoms with Gasteiger partial charge in [-0.05, 0) is 50.1 Å². The van der Waals surface area contributed by atoms with E-state index in [1.54, 1.807) is 6.07 Å². The number of allylic oxidation sites excluding steroid dienone is 3. The Kier molecular flexibility index (Phi) is 5.77. The molecule has 1 aliphatic rings. The summed E-state index contributed by atoms with van der Waals surface area (Å²) in [5.41, 5.74) is 4.15. The molecular weight excluding hydrogens is 408 g/mol. The lowest BCUT2D eigenvalue weighted by Crippen LogP contribution is -2.19. The zero-order valence-electron chi connectivity index (χ0n) is 18.5. The van der Waals surface area contributed by atoms with Gasteiger partial charge in [0.15, 0.2) is 5.43 Å². The summed E-state index contributed by atoms with van der Waals surface area (Å²) in [5.74, 6) is 0.676. The number of pyridine rings is 2. The lowest BCUT2D eigenvalue weighted by Gasteiger charge is -2.20. The van der Waals surface area contributed by atoms with Gasteiger partial charge in [-0.2, -0.15) is 0 Å². The first kappa shape index (κ1) is 20.8. The van der Waals surface area contributed by atoms with E-state index < -0.39 is 0 Å². The molecule has 0 saturated heterocycles. The average Bonchev–Trinajstić information content (AvgIpc) is 3.10. The molecule has 4 aromatic rings. The lowest BCUT2D eigenvalue weighted by atomic mass is 10.1. The maximum absolute atomic E-state index is 13.2. The van der Waals surface area contributed by atoms with Crippen molar-refractivity contribution in [2.45, 2.75) is 25.8 Å². The van der Waals surface area contributed by atoms with Crippen molar-refractivity contribution in [2.75, 3.05) is 10.6 Å². The molecule has 0 spiro atoms. The number of para-hydroxylation sites is 2. The highest BCUT2D eigenvalue weighted by Crippen LogP contribution is 2.27. The monoisotopic (exact) mass is 434 g/mol. The van der Waals surface area contributed by atoms with Crippen molar-refractivity contribution in [2.24, 2.45) is 0 Å². The van der Waals surface area contributed by atoms with Gasteiger partial charge in [-0.25, -0.2) is 4.98 Å². The minimum absolute atomic E-state index is 0.0655. The van der Waals surface area contributed by atoms with Gasteiger partial charge < -0.3 is 10.6 Å². The summed E-state index contributed by atoms with van der Waals surface area (Å²) in [4.78, 5) is 18.2. The smallest absolute Gasteiger partial charge is 0.193 e. The number of benzene rings is 2.